The predicted molar refractivity (Wildman–Crippen MR) is 64.9 cm³/mol. The highest BCUT2D eigenvalue weighted by atomic mass is 16.4. The van der Waals surface area contributed by atoms with Crippen LogP contribution in [0.2, 0.25) is 0 Å². The maximum absolute atomic E-state index is 9.08. The third kappa shape index (κ3) is 2.83. The van der Waals surface area contributed by atoms with Gasteiger partial charge in [0.2, 0.25) is 0 Å². The number of oxime groups is 1. The molecule has 0 heterocycles. The highest BCUT2D eigenvalue weighted by molar-refractivity contribution is 5.93. The zero-order valence-electron chi connectivity index (χ0n) is 10.2. The third-order valence-corrected chi connectivity index (χ3v) is 3.51. The third-order valence-electron chi connectivity index (χ3n) is 3.51. The van der Waals surface area contributed by atoms with E-state index in [0.29, 0.717) is 12.5 Å². The van der Waals surface area contributed by atoms with E-state index < -0.39 is 0 Å². The second-order valence-electron chi connectivity index (χ2n) is 4.82. The van der Waals surface area contributed by atoms with E-state index in [2.05, 4.69) is 17.1 Å². The van der Waals surface area contributed by atoms with Gasteiger partial charge in [-0.15, -0.1) is 0 Å². The van der Waals surface area contributed by atoms with Gasteiger partial charge in [0.1, 0.15) is 0 Å². The molecule has 4 nitrogen and oxygen atoms in total. The highest BCUT2D eigenvalue weighted by Crippen LogP contribution is 2.33. The Bertz CT molecular complexity index is 289. The molecule has 0 aliphatic heterocycles. The van der Waals surface area contributed by atoms with Crippen LogP contribution in [0.25, 0.3) is 0 Å². The standard InChI is InChI=1S/C12H22N2O2/c1-9(2)10-4-5-12(3,13-6-7-15)11(8-10)14-16/h10,13,15-16H,1,4-8H2,2-3H3/b14-11-/t10-,12-/m1/s1. The van der Waals surface area contributed by atoms with Gasteiger partial charge in [0, 0.05) is 6.54 Å². The molecule has 0 aromatic rings. The van der Waals surface area contributed by atoms with Crippen molar-refractivity contribution >= 4 is 5.71 Å². The van der Waals surface area contributed by atoms with Gasteiger partial charge >= 0.3 is 0 Å². The maximum atomic E-state index is 9.08. The van der Waals surface area contributed by atoms with Crippen molar-refractivity contribution in [2.24, 2.45) is 11.1 Å². The fourth-order valence-corrected chi connectivity index (χ4v) is 2.26. The average Bonchev–Trinajstić information content (AvgIpc) is 2.26. The van der Waals surface area contributed by atoms with Crippen molar-refractivity contribution in [1.29, 1.82) is 0 Å². The molecule has 4 heteroatoms. The van der Waals surface area contributed by atoms with E-state index in [9.17, 15) is 0 Å². The van der Waals surface area contributed by atoms with Gasteiger partial charge in [0.25, 0.3) is 0 Å². The number of rotatable bonds is 4. The Morgan fingerprint density at radius 1 is 1.69 bits per heavy atom. The Balaban J connectivity index is 2.72. The molecule has 2 atom stereocenters. The molecule has 1 fully saturated rings. The minimum Gasteiger partial charge on any atom is -0.411 e. The van der Waals surface area contributed by atoms with E-state index >= 15 is 0 Å². The fourth-order valence-electron chi connectivity index (χ4n) is 2.26. The lowest BCUT2D eigenvalue weighted by molar-refractivity contribution is 0.255. The number of nitrogens with zero attached hydrogens (tertiary/aromatic N) is 1. The first-order valence-corrected chi connectivity index (χ1v) is 5.76. The number of β-amino-alcohol motifs (C(OH)–C–C–N with tert-alkyl or cyclic N) is 1. The Morgan fingerprint density at radius 2 is 2.38 bits per heavy atom. The summed E-state index contributed by atoms with van der Waals surface area (Å²) in [6.45, 7) is 8.61. The van der Waals surface area contributed by atoms with Crippen molar-refractivity contribution in [1.82, 2.24) is 5.32 Å². The number of hydrogen-bond donors (Lipinski definition) is 3. The molecule has 92 valence electrons. The fraction of sp³-hybridized carbons (Fsp3) is 0.750. The van der Waals surface area contributed by atoms with Gasteiger partial charge in [-0.2, -0.15) is 0 Å². The molecule has 0 aromatic heterocycles. The molecule has 1 saturated carbocycles. The molecule has 0 spiro atoms. The zero-order chi connectivity index (χ0) is 12.2. The molecule has 1 aliphatic rings. The number of aliphatic hydroxyl groups is 1. The summed E-state index contributed by atoms with van der Waals surface area (Å²) in [5.41, 5.74) is 1.62. The number of allylic oxidation sites excluding steroid dienone is 1. The van der Waals surface area contributed by atoms with E-state index in [4.69, 9.17) is 10.3 Å². The largest absolute Gasteiger partial charge is 0.411 e. The molecule has 0 saturated heterocycles. The quantitative estimate of drug-likeness (QED) is 0.387. The van der Waals surface area contributed by atoms with Gasteiger partial charge in [-0.1, -0.05) is 17.3 Å². The molecule has 0 radical (unpaired) electrons. The van der Waals surface area contributed by atoms with Crippen molar-refractivity contribution in [3.63, 3.8) is 0 Å². The zero-order valence-corrected chi connectivity index (χ0v) is 10.2. The molecule has 0 amide bonds. The molecule has 16 heavy (non-hydrogen) atoms. The van der Waals surface area contributed by atoms with E-state index in [0.717, 1.165) is 30.5 Å². The summed E-state index contributed by atoms with van der Waals surface area (Å²) in [4.78, 5) is 0. The highest BCUT2D eigenvalue weighted by Gasteiger charge is 2.37. The SMILES string of the molecule is C=C(C)[C@@H]1CC[C@@](C)(NCCO)/C(=N\O)C1. The summed E-state index contributed by atoms with van der Waals surface area (Å²) in [7, 11) is 0. The molecular formula is C12H22N2O2. The van der Waals surface area contributed by atoms with E-state index in [1.54, 1.807) is 0 Å². The van der Waals surface area contributed by atoms with Crippen LogP contribution in [-0.2, 0) is 0 Å². The molecule has 0 unspecified atom stereocenters. The minimum absolute atomic E-state index is 0.0954. The van der Waals surface area contributed by atoms with Crippen LogP contribution in [0, 0.1) is 5.92 Å². The van der Waals surface area contributed by atoms with Gasteiger partial charge in [-0.25, -0.2) is 0 Å². The topological polar surface area (TPSA) is 64.8 Å². The van der Waals surface area contributed by atoms with Crippen LogP contribution in [-0.4, -0.2) is 34.7 Å². The van der Waals surface area contributed by atoms with Gasteiger partial charge in [-0.05, 0) is 39.0 Å². The Kier molecular flexibility index (Phi) is 4.50. The van der Waals surface area contributed by atoms with E-state index in [-0.39, 0.29) is 12.1 Å². The van der Waals surface area contributed by atoms with Crippen LogP contribution in [0.5, 0.6) is 0 Å². The predicted octanol–water partition coefficient (Wildman–Crippen LogP) is 1.53. The number of nitrogens with one attached hydrogen (secondary N) is 1. The van der Waals surface area contributed by atoms with Gasteiger partial charge < -0.3 is 15.6 Å². The van der Waals surface area contributed by atoms with Crippen LogP contribution in [0.4, 0.5) is 0 Å². The first kappa shape index (κ1) is 13.2. The Hall–Kier alpha value is -0.870. The summed E-state index contributed by atoms with van der Waals surface area (Å²) in [5.74, 6) is 0.412. The first-order chi connectivity index (χ1) is 7.53. The Labute approximate surface area is 97.0 Å². The second-order valence-corrected chi connectivity index (χ2v) is 4.82. The van der Waals surface area contributed by atoms with Crippen LogP contribution < -0.4 is 5.32 Å². The van der Waals surface area contributed by atoms with E-state index in [1.165, 1.54) is 0 Å². The van der Waals surface area contributed by atoms with Gasteiger partial charge in [0.05, 0.1) is 17.9 Å². The summed E-state index contributed by atoms with van der Waals surface area (Å²) >= 11 is 0. The van der Waals surface area contributed by atoms with Crippen LogP contribution in [0.3, 0.4) is 0 Å². The van der Waals surface area contributed by atoms with Crippen LogP contribution in [0.1, 0.15) is 33.1 Å². The lowest BCUT2D eigenvalue weighted by Crippen LogP contribution is -2.53. The van der Waals surface area contributed by atoms with Crippen LogP contribution >= 0.6 is 0 Å². The molecule has 1 aliphatic carbocycles. The number of aliphatic hydroxyl groups excluding tert-OH is 1. The molecule has 0 aromatic carbocycles. The van der Waals surface area contributed by atoms with Crippen LogP contribution in [0.15, 0.2) is 17.3 Å². The average molecular weight is 226 g/mol. The minimum atomic E-state index is -0.288. The summed E-state index contributed by atoms with van der Waals surface area (Å²) in [6.07, 6.45) is 2.70. The van der Waals surface area contributed by atoms with Crippen molar-refractivity contribution in [3.8, 4) is 0 Å². The normalized spacial score (nSPS) is 32.9. The molecule has 1 rings (SSSR count). The van der Waals surface area contributed by atoms with Crippen molar-refractivity contribution in [2.75, 3.05) is 13.2 Å². The van der Waals surface area contributed by atoms with E-state index in [1.807, 2.05) is 13.8 Å². The smallest absolute Gasteiger partial charge is 0.0774 e. The summed E-state index contributed by atoms with van der Waals surface area (Å²) in [5, 5.41) is 24.6. The molecule has 0 bridgehead atoms. The van der Waals surface area contributed by atoms with Crippen molar-refractivity contribution < 1.29 is 10.3 Å². The monoisotopic (exact) mass is 226 g/mol. The second kappa shape index (κ2) is 5.46. The first-order valence-electron chi connectivity index (χ1n) is 5.76. The summed E-state index contributed by atoms with van der Waals surface area (Å²) in [6, 6.07) is 0. The lowest BCUT2D eigenvalue weighted by atomic mass is 9.74. The Morgan fingerprint density at radius 3 is 2.88 bits per heavy atom. The maximum Gasteiger partial charge on any atom is 0.0774 e. The van der Waals surface area contributed by atoms with Crippen molar-refractivity contribution in [3.05, 3.63) is 12.2 Å². The van der Waals surface area contributed by atoms with Gasteiger partial charge in [0.15, 0.2) is 0 Å². The molecular weight excluding hydrogens is 204 g/mol. The molecule has 3 N–H and O–H groups in total. The van der Waals surface area contributed by atoms with Gasteiger partial charge in [-0.3, -0.25) is 0 Å². The van der Waals surface area contributed by atoms with Crippen molar-refractivity contribution in [2.45, 2.75) is 38.6 Å². The summed E-state index contributed by atoms with van der Waals surface area (Å²) < 4.78 is 0. The number of hydrogen-bond acceptors (Lipinski definition) is 4. The lowest BCUT2D eigenvalue weighted by Gasteiger charge is -2.38.